The quantitative estimate of drug-likeness (QED) is 0.593. The van der Waals surface area contributed by atoms with Crippen LogP contribution in [-0.4, -0.2) is 27.0 Å². The Morgan fingerprint density at radius 3 is 2.50 bits per heavy atom. The first kappa shape index (κ1) is 9.72. The van der Waals surface area contributed by atoms with Gasteiger partial charge in [-0.3, -0.25) is 0 Å². The van der Waals surface area contributed by atoms with E-state index >= 15 is 0 Å². The Kier molecular flexibility index (Phi) is 4.30. The van der Waals surface area contributed by atoms with Gasteiger partial charge in [0.2, 0.25) is 0 Å². The first-order chi connectivity index (χ1) is 5.86. The van der Waals surface area contributed by atoms with Crippen molar-refractivity contribution in [2.45, 2.75) is 25.7 Å². The molecule has 0 saturated heterocycles. The van der Waals surface area contributed by atoms with Gasteiger partial charge in [-0.1, -0.05) is 0 Å². The number of nitrogens with zero attached hydrogens (tertiary/aromatic N) is 1. The smallest absolute Gasteiger partial charge is 0.0490 e. The lowest BCUT2D eigenvalue weighted by atomic mass is 9.83. The number of rotatable bonds is 3. The summed E-state index contributed by atoms with van der Waals surface area (Å²) >= 11 is 0. The van der Waals surface area contributed by atoms with Crippen LogP contribution in [0.15, 0.2) is 4.99 Å². The third-order valence-electron chi connectivity index (χ3n) is 2.65. The Morgan fingerprint density at radius 2 is 2.00 bits per heavy atom. The van der Waals surface area contributed by atoms with Crippen molar-refractivity contribution in [3.63, 3.8) is 0 Å². The molecule has 70 valence electrons. The van der Waals surface area contributed by atoms with Crippen LogP contribution < -0.4 is 0 Å². The molecule has 0 heterocycles. The molecule has 0 aliphatic heterocycles. The molecule has 0 unspecified atom stereocenters. The molecule has 1 rings (SSSR count). The van der Waals surface area contributed by atoms with Crippen LogP contribution in [0, 0.1) is 11.8 Å². The minimum atomic E-state index is 0.739. The van der Waals surface area contributed by atoms with Crippen molar-refractivity contribution in [3.8, 4) is 0 Å². The zero-order valence-corrected chi connectivity index (χ0v) is 8.12. The van der Waals surface area contributed by atoms with Gasteiger partial charge in [0.1, 0.15) is 0 Å². The number of methoxy groups -OCH3 is 1. The normalized spacial score (nSPS) is 31.2. The molecule has 0 atom stereocenters. The van der Waals surface area contributed by atoms with Gasteiger partial charge in [-0.2, -0.15) is 0 Å². The third kappa shape index (κ3) is 2.94. The highest BCUT2D eigenvalue weighted by Gasteiger charge is 2.19. The van der Waals surface area contributed by atoms with Gasteiger partial charge in [0.15, 0.2) is 0 Å². The fourth-order valence-corrected chi connectivity index (χ4v) is 1.95. The van der Waals surface area contributed by atoms with Crippen molar-refractivity contribution >= 4 is 6.21 Å². The van der Waals surface area contributed by atoms with Crippen LogP contribution in [0.25, 0.3) is 0 Å². The van der Waals surface area contributed by atoms with E-state index in [1.54, 1.807) is 7.11 Å². The highest BCUT2D eigenvalue weighted by molar-refractivity contribution is 5.60. The minimum absolute atomic E-state index is 0.739. The predicted molar refractivity (Wildman–Crippen MR) is 51.7 cm³/mol. The molecule has 0 radical (unpaired) electrons. The molecule has 1 aliphatic carbocycles. The third-order valence-corrected chi connectivity index (χ3v) is 2.65. The topological polar surface area (TPSA) is 21.6 Å². The van der Waals surface area contributed by atoms with E-state index in [1.807, 2.05) is 7.05 Å². The largest absolute Gasteiger partial charge is 0.384 e. The fraction of sp³-hybridized carbons (Fsp3) is 0.900. The van der Waals surface area contributed by atoms with Gasteiger partial charge in [-0.05, 0) is 37.5 Å². The molecule has 0 aromatic carbocycles. The molecule has 0 bridgehead atoms. The SMILES string of the molecule is C/N=C/C1CCC(COC)CC1. The summed E-state index contributed by atoms with van der Waals surface area (Å²) < 4.78 is 5.14. The highest BCUT2D eigenvalue weighted by atomic mass is 16.5. The summed E-state index contributed by atoms with van der Waals surface area (Å²) in [4.78, 5) is 4.07. The molecule has 0 amide bonds. The molecule has 12 heavy (non-hydrogen) atoms. The van der Waals surface area contributed by atoms with Gasteiger partial charge in [0, 0.05) is 27.0 Å². The molecule has 2 heteroatoms. The summed E-state index contributed by atoms with van der Waals surface area (Å²) in [6, 6.07) is 0. The Labute approximate surface area is 75.0 Å². The molecule has 2 nitrogen and oxygen atoms in total. The second-order valence-corrected chi connectivity index (χ2v) is 3.64. The first-order valence-electron chi connectivity index (χ1n) is 4.78. The van der Waals surface area contributed by atoms with Crippen LogP contribution in [0.1, 0.15) is 25.7 Å². The summed E-state index contributed by atoms with van der Waals surface area (Å²) in [5.74, 6) is 1.54. The van der Waals surface area contributed by atoms with Crippen molar-refractivity contribution in [1.29, 1.82) is 0 Å². The zero-order chi connectivity index (χ0) is 8.81. The van der Waals surface area contributed by atoms with Gasteiger partial charge in [0.05, 0.1) is 0 Å². The van der Waals surface area contributed by atoms with Gasteiger partial charge in [-0.15, -0.1) is 0 Å². The molecular weight excluding hydrogens is 150 g/mol. The minimum Gasteiger partial charge on any atom is -0.384 e. The van der Waals surface area contributed by atoms with Gasteiger partial charge in [-0.25, -0.2) is 0 Å². The molecule has 0 aromatic rings. The Bertz CT molecular complexity index is 137. The highest BCUT2D eigenvalue weighted by Crippen LogP contribution is 2.27. The number of hydrogen-bond donors (Lipinski definition) is 0. The molecule has 1 fully saturated rings. The van der Waals surface area contributed by atoms with Crippen LogP contribution >= 0.6 is 0 Å². The van der Waals surface area contributed by atoms with Crippen LogP contribution in [0.4, 0.5) is 0 Å². The van der Waals surface area contributed by atoms with E-state index < -0.39 is 0 Å². The van der Waals surface area contributed by atoms with E-state index in [2.05, 4.69) is 11.2 Å². The molecular formula is C10H19NO. The van der Waals surface area contributed by atoms with E-state index in [9.17, 15) is 0 Å². The van der Waals surface area contributed by atoms with Crippen LogP contribution in [0.2, 0.25) is 0 Å². The maximum atomic E-state index is 5.14. The molecule has 0 aromatic heterocycles. The summed E-state index contributed by atoms with van der Waals surface area (Å²) in [6.07, 6.45) is 7.31. The molecule has 1 saturated carbocycles. The number of hydrogen-bond acceptors (Lipinski definition) is 2. The maximum absolute atomic E-state index is 5.14. The van der Waals surface area contributed by atoms with Crippen molar-refractivity contribution in [2.24, 2.45) is 16.8 Å². The Hall–Kier alpha value is -0.370. The van der Waals surface area contributed by atoms with Crippen molar-refractivity contribution < 1.29 is 4.74 Å². The zero-order valence-electron chi connectivity index (χ0n) is 8.12. The van der Waals surface area contributed by atoms with Gasteiger partial charge >= 0.3 is 0 Å². The van der Waals surface area contributed by atoms with E-state index in [0.717, 1.165) is 18.4 Å². The van der Waals surface area contributed by atoms with E-state index in [4.69, 9.17) is 4.74 Å². The lowest BCUT2D eigenvalue weighted by Gasteiger charge is -2.25. The Morgan fingerprint density at radius 1 is 1.33 bits per heavy atom. The fourth-order valence-electron chi connectivity index (χ4n) is 1.95. The first-order valence-corrected chi connectivity index (χ1v) is 4.78. The van der Waals surface area contributed by atoms with E-state index in [0.29, 0.717) is 0 Å². The predicted octanol–water partition coefficient (Wildman–Crippen LogP) is 2.14. The van der Waals surface area contributed by atoms with Crippen molar-refractivity contribution in [1.82, 2.24) is 0 Å². The van der Waals surface area contributed by atoms with Gasteiger partial charge < -0.3 is 9.73 Å². The lowest BCUT2D eigenvalue weighted by Crippen LogP contribution is -2.18. The van der Waals surface area contributed by atoms with Crippen LogP contribution in [0.3, 0.4) is 0 Å². The van der Waals surface area contributed by atoms with E-state index in [-0.39, 0.29) is 0 Å². The summed E-state index contributed by atoms with van der Waals surface area (Å²) in [6.45, 7) is 0.940. The number of ether oxygens (including phenoxy) is 1. The monoisotopic (exact) mass is 169 g/mol. The molecule has 0 N–H and O–H groups in total. The maximum Gasteiger partial charge on any atom is 0.0490 e. The van der Waals surface area contributed by atoms with Gasteiger partial charge in [0.25, 0.3) is 0 Å². The number of aliphatic imine (C=N–C) groups is 1. The van der Waals surface area contributed by atoms with Crippen molar-refractivity contribution in [3.05, 3.63) is 0 Å². The summed E-state index contributed by atoms with van der Waals surface area (Å²) in [7, 11) is 3.65. The second kappa shape index (κ2) is 5.31. The second-order valence-electron chi connectivity index (χ2n) is 3.64. The van der Waals surface area contributed by atoms with Crippen LogP contribution in [0.5, 0.6) is 0 Å². The van der Waals surface area contributed by atoms with E-state index in [1.165, 1.54) is 25.7 Å². The molecule has 1 aliphatic rings. The van der Waals surface area contributed by atoms with Crippen molar-refractivity contribution in [2.75, 3.05) is 20.8 Å². The molecule has 0 spiro atoms. The average Bonchev–Trinajstić information content (AvgIpc) is 2.09. The Balaban J connectivity index is 2.20. The summed E-state index contributed by atoms with van der Waals surface area (Å²) in [5, 5.41) is 0. The lowest BCUT2D eigenvalue weighted by molar-refractivity contribution is 0.126. The summed E-state index contributed by atoms with van der Waals surface area (Å²) in [5.41, 5.74) is 0. The van der Waals surface area contributed by atoms with Crippen LogP contribution in [-0.2, 0) is 4.74 Å². The average molecular weight is 169 g/mol. The standard InChI is InChI=1S/C10H19NO/c1-11-7-9-3-5-10(6-4-9)8-12-2/h7,9-10H,3-6,8H2,1-2H3/b11-7+.